The average molecular weight is 303 g/mol. The Labute approximate surface area is 132 Å². The quantitative estimate of drug-likeness (QED) is 0.881. The first-order valence-electron chi connectivity index (χ1n) is 7.45. The van der Waals surface area contributed by atoms with E-state index in [0.717, 1.165) is 17.4 Å². The van der Waals surface area contributed by atoms with Crippen molar-refractivity contribution in [1.82, 2.24) is 10.3 Å². The van der Waals surface area contributed by atoms with Crippen LogP contribution < -0.4 is 10.2 Å². The fourth-order valence-corrected chi connectivity index (χ4v) is 3.69. The summed E-state index contributed by atoms with van der Waals surface area (Å²) in [7, 11) is 2.09. The van der Waals surface area contributed by atoms with Crippen molar-refractivity contribution in [3.8, 4) is 0 Å². The van der Waals surface area contributed by atoms with Crippen LogP contribution in [0.25, 0.3) is 0 Å². The van der Waals surface area contributed by atoms with Crippen molar-refractivity contribution in [2.75, 3.05) is 18.5 Å². The summed E-state index contributed by atoms with van der Waals surface area (Å²) in [5, 5.41) is 4.52. The second-order valence-corrected chi connectivity index (χ2v) is 6.58. The van der Waals surface area contributed by atoms with E-state index in [9.17, 15) is 0 Å². The number of anilines is 2. The van der Waals surface area contributed by atoms with Crippen molar-refractivity contribution in [3.05, 3.63) is 39.9 Å². The Bertz CT molecular complexity index is 618. The zero-order valence-electron chi connectivity index (χ0n) is 13.8. The molecule has 3 nitrogen and oxygen atoms in total. The summed E-state index contributed by atoms with van der Waals surface area (Å²) in [6.45, 7) is 11.7. The highest BCUT2D eigenvalue weighted by Crippen LogP contribution is 2.34. The second-order valence-electron chi connectivity index (χ2n) is 5.57. The molecule has 1 aromatic carbocycles. The number of thiazole rings is 1. The summed E-state index contributed by atoms with van der Waals surface area (Å²) < 4.78 is 0. The molecule has 1 aromatic heterocycles. The smallest absolute Gasteiger partial charge is 0.190 e. The zero-order valence-corrected chi connectivity index (χ0v) is 14.6. The predicted molar refractivity (Wildman–Crippen MR) is 92.9 cm³/mol. The highest BCUT2D eigenvalue weighted by Gasteiger charge is 2.17. The van der Waals surface area contributed by atoms with Crippen LogP contribution in [0.4, 0.5) is 10.8 Å². The van der Waals surface area contributed by atoms with Crippen molar-refractivity contribution >= 4 is 22.2 Å². The minimum absolute atomic E-state index is 0.355. The summed E-state index contributed by atoms with van der Waals surface area (Å²) in [6, 6.07) is 6.90. The minimum atomic E-state index is 0.355. The van der Waals surface area contributed by atoms with E-state index in [-0.39, 0.29) is 0 Å². The van der Waals surface area contributed by atoms with E-state index in [4.69, 9.17) is 4.98 Å². The van der Waals surface area contributed by atoms with E-state index in [1.54, 1.807) is 11.3 Å². The number of nitrogens with one attached hydrogen (secondary N) is 1. The van der Waals surface area contributed by atoms with Crippen molar-refractivity contribution in [2.45, 2.75) is 40.7 Å². The third kappa shape index (κ3) is 3.44. The summed E-state index contributed by atoms with van der Waals surface area (Å²) in [5.74, 6) is 0. The van der Waals surface area contributed by atoms with Crippen molar-refractivity contribution in [1.29, 1.82) is 0 Å². The molecule has 1 heterocycles. The van der Waals surface area contributed by atoms with Crippen LogP contribution in [0, 0.1) is 20.8 Å². The zero-order chi connectivity index (χ0) is 15.6. The minimum Gasteiger partial charge on any atom is -0.321 e. The van der Waals surface area contributed by atoms with Crippen LogP contribution in [0.5, 0.6) is 0 Å². The van der Waals surface area contributed by atoms with Gasteiger partial charge < -0.3 is 10.2 Å². The first-order valence-corrected chi connectivity index (χ1v) is 8.27. The topological polar surface area (TPSA) is 28.2 Å². The van der Waals surface area contributed by atoms with Gasteiger partial charge in [0.1, 0.15) is 0 Å². The van der Waals surface area contributed by atoms with Gasteiger partial charge in [-0.1, -0.05) is 36.0 Å². The summed E-state index contributed by atoms with van der Waals surface area (Å²) in [4.78, 5) is 8.27. The largest absolute Gasteiger partial charge is 0.321 e. The fraction of sp³-hybridized carbons (Fsp3) is 0.471. The Balaban J connectivity index is 2.31. The normalized spacial score (nSPS) is 12.5. The van der Waals surface area contributed by atoms with E-state index in [2.05, 4.69) is 70.1 Å². The van der Waals surface area contributed by atoms with Gasteiger partial charge in [-0.05, 0) is 45.9 Å². The summed E-state index contributed by atoms with van der Waals surface area (Å²) in [5.41, 5.74) is 4.92. The molecule has 2 aromatic rings. The number of rotatable bonds is 5. The van der Waals surface area contributed by atoms with Crippen molar-refractivity contribution in [2.24, 2.45) is 0 Å². The first-order chi connectivity index (χ1) is 9.93. The molecule has 0 bridgehead atoms. The van der Waals surface area contributed by atoms with Crippen LogP contribution in [0.3, 0.4) is 0 Å². The number of hydrogen-bond acceptors (Lipinski definition) is 4. The van der Waals surface area contributed by atoms with Gasteiger partial charge in [-0.3, -0.25) is 0 Å². The Hall–Kier alpha value is -1.39. The molecule has 0 fully saturated rings. The molecule has 0 saturated carbocycles. The number of nitrogens with zero attached hydrogens (tertiary/aromatic N) is 2. The van der Waals surface area contributed by atoms with Crippen LogP contribution in [-0.2, 0) is 0 Å². The number of aromatic nitrogens is 1. The molecule has 2 rings (SSSR count). The SMILES string of the molecule is CCNC(C)c1sc(N(C)c2ccc(C)cc2C)nc1C. The molecule has 114 valence electrons. The molecule has 0 aliphatic carbocycles. The van der Waals surface area contributed by atoms with E-state index in [1.807, 2.05) is 0 Å². The van der Waals surface area contributed by atoms with E-state index in [0.29, 0.717) is 6.04 Å². The Kier molecular flexibility index (Phi) is 5.01. The van der Waals surface area contributed by atoms with Gasteiger partial charge in [-0.25, -0.2) is 4.98 Å². The van der Waals surface area contributed by atoms with Gasteiger partial charge in [0.05, 0.1) is 5.69 Å². The number of hydrogen-bond donors (Lipinski definition) is 1. The Morgan fingerprint density at radius 1 is 1.29 bits per heavy atom. The maximum atomic E-state index is 4.76. The van der Waals surface area contributed by atoms with Crippen LogP contribution in [0.15, 0.2) is 18.2 Å². The molecule has 0 aliphatic heterocycles. The van der Waals surface area contributed by atoms with Gasteiger partial charge in [-0.15, -0.1) is 0 Å². The average Bonchev–Trinajstić information content (AvgIpc) is 2.80. The molecule has 4 heteroatoms. The standard InChI is InChI=1S/C17H25N3S/c1-7-18-13(4)16-14(5)19-17(21-16)20(6)15-9-8-11(2)10-12(15)3/h8-10,13,18H,7H2,1-6H3. The van der Waals surface area contributed by atoms with Gasteiger partial charge in [0.15, 0.2) is 5.13 Å². The van der Waals surface area contributed by atoms with Gasteiger partial charge in [0.2, 0.25) is 0 Å². The lowest BCUT2D eigenvalue weighted by atomic mass is 10.1. The summed E-state index contributed by atoms with van der Waals surface area (Å²) in [6.07, 6.45) is 0. The lowest BCUT2D eigenvalue weighted by molar-refractivity contribution is 0.603. The Morgan fingerprint density at radius 2 is 2.00 bits per heavy atom. The van der Waals surface area contributed by atoms with Crippen LogP contribution in [0.2, 0.25) is 0 Å². The van der Waals surface area contributed by atoms with Crippen LogP contribution in [-0.4, -0.2) is 18.6 Å². The second kappa shape index (κ2) is 6.58. The van der Waals surface area contributed by atoms with Gasteiger partial charge in [0.25, 0.3) is 0 Å². The predicted octanol–water partition coefficient (Wildman–Crippen LogP) is 4.51. The molecule has 0 amide bonds. The van der Waals surface area contributed by atoms with Crippen LogP contribution in [0.1, 0.15) is 41.6 Å². The number of aryl methyl sites for hydroxylation is 3. The number of benzene rings is 1. The Morgan fingerprint density at radius 3 is 2.62 bits per heavy atom. The highest BCUT2D eigenvalue weighted by molar-refractivity contribution is 7.15. The van der Waals surface area contributed by atoms with E-state index < -0.39 is 0 Å². The lowest BCUT2D eigenvalue weighted by Crippen LogP contribution is -2.17. The first kappa shape index (κ1) is 16.0. The van der Waals surface area contributed by atoms with E-state index >= 15 is 0 Å². The maximum absolute atomic E-state index is 4.76. The highest BCUT2D eigenvalue weighted by atomic mass is 32.1. The molecule has 21 heavy (non-hydrogen) atoms. The van der Waals surface area contributed by atoms with Crippen molar-refractivity contribution < 1.29 is 0 Å². The van der Waals surface area contributed by atoms with E-state index in [1.165, 1.54) is 21.7 Å². The molecular weight excluding hydrogens is 278 g/mol. The molecular formula is C17H25N3S. The monoisotopic (exact) mass is 303 g/mol. The van der Waals surface area contributed by atoms with Crippen LogP contribution >= 0.6 is 11.3 Å². The van der Waals surface area contributed by atoms with Gasteiger partial charge in [-0.2, -0.15) is 0 Å². The molecule has 0 spiro atoms. The fourth-order valence-electron chi connectivity index (χ4n) is 2.62. The molecule has 0 radical (unpaired) electrons. The third-order valence-corrected chi connectivity index (χ3v) is 5.14. The molecule has 1 unspecified atom stereocenters. The molecule has 0 saturated heterocycles. The van der Waals surface area contributed by atoms with Crippen molar-refractivity contribution in [3.63, 3.8) is 0 Å². The third-order valence-electron chi connectivity index (χ3n) is 3.73. The summed E-state index contributed by atoms with van der Waals surface area (Å²) >= 11 is 1.78. The maximum Gasteiger partial charge on any atom is 0.190 e. The molecule has 0 aliphatic rings. The lowest BCUT2D eigenvalue weighted by Gasteiger charge is -2.19. The molecule has 1 atom stereocenters. The van der Waals surface area contributed by atoms with Gasteiger partial charge >= 0.3 is 0 Å². The van der Waals surface area contributed by atoms with Gasteiger partial charge in [0, 0.05) is 23.7 Å². The molecule has 1 N–H and O–H groups in total.